The maximum absolute atomic E-state index is 12.3. The Bertz CT molecular complexity index is 428. The topological polar surface area (TPSA) is 49.0 Å². The van der Waals surface area contributed by atoms with Crippen LogP contribution in [-0.4, -0.2) is 29.2 Å². The molecule has 0 aliphatic heterocycles. The number of nitrogens with one attached hydrogen (secondary N) is 1. The minimum atomic E-state index is -4.31. The molecule has 0 spiro atoms. The lowest BCUT2D eigenvalue weighted by molar-refractivity contribution is -0.119. The summed E-state index contributed by atoms with van der Waals surface area (Å²) in [5.41, 5.74) is -0.438. The number of alkyl halides is 3. The van der Waals surface area contributed by atoms with Crippen LogP contribution in [0.5, 0.6) is 0 Å². The van der Waals surface area contributed by atoms with Crippen molar-refractivity contribution in [2.75, 3.05) is 18.0 Å². The van der Waals surface area contributed by atoms with Crippen LogP contribution in [0.15, 0.2) is 10.9 Å². The number of aromatic nitrogens is 2. The van der Waals surface area contributed by atoms with Gasteiger partial charge in [-0.3, -0.25) is 4.79 Å². The fourth-order valence-corrected chi connectivity index (χ4v) is 1.39. The third kappa shape index (κ3) is 4.08. The first kappa shape index (κ1) is 13.5. The molecule has 1 N–H and O–H groups in total. The zero-order valence-corrected chi connectivity index (χ0v) is 9.64. The summed E-state index contributed by atoms with van der Waals surface area (Å²) in [6.07, 6.45) is -3.85. The van der Waals surface area contributed by atoms with Gasteiger partial charge in [0.05, 0.1) is 0 Å². The monoisotopic (exact) mass is 249 g/mol. The highest BCUT2D eigenvalue weighted by molar-refractivity contribution is 5.37. The largest absolute Gasteiger partial charge is 0.405 e. The average Bonchev–Trinajstić information content (AvgIpc) is 2.23. The number of nitrogens with zero attached hydrogens (tertiary/aromatic N) is 2. The van der Waals surface area contributed by atoms with Crippen LogP contribution in [0, 0.1) is 0 Å². The van der Waals surface area contributed by atoms with Gasteiger partial charge in [-0.25, -0.2) is 4.98 Å². The Morgan fingerprint density at radius 3 is 2.53 bits per heavy atom. The summed E-state index contributed by atoms with van der Waals surface area (Å²) in [5, 5.41) is 0. The van der Waals surface area contributed by atoms with Crippen LogP contribution in [0.3, 0.4) is 0 Å². The fraction of sp³-hybridized carbons (Fsp3) is 0.600. The highest BCUT2D eigenvalue weighted by atomic mass is 19.4. The van der Waals surface area contributed by atoms with Crippen molar-refractivity contribution in [3.8, 4) is 0 Å². The Morgan fingerprint density at radius 2 is 2.06 bits per heavy atom. The molecule has 1 aromatic rings. The second-order valence-electron chi connectivity index (χ2n) is 3.53. The second-order valence-corrected chi connectivity index (χ2v) is 3.53. The van der Waals surface area contributed by atoms with Crippen LogP contribution < -0.4 is 10.5 Å². The molecule has 0 aliphatic carbocycles. The van der Waals surface area contributed by atoms with Crippen LogP contribution in [0.4, 0.5) is 19.0 Å². The molecule has 1 heterocycles. The molecular formula is C10H14F3N3O. The number of aryl methyl sites for hydroxylation is 1. The first-order chi connectivity index (χ1) is 7.85. The highest BCUT2D eigenvalue weighted by Crippen LogP contribution is 2.19. The van der Waals surface area contributed by atoms with Gasteiger partial charge in [0.1, 0.15) is 18.2 Å². The third-order valence-corrected chi connectivity index (χ3v) is 2.19. The van der Waals surface area contributed by atoms with Crippen LogP contribution in [0.25, 0.3) is 0 Å². The van der Waals surface area contributed by atoms with E-state index in [1.807, 2.05) is 0 Å². The predicted molar refractivity (Wildman–Crippen MR) is 58.2 cm³/mol. The van der Waals surface area contributed by atoms with Gasteiger partial charge >= 0.3 is 6.18 Å². The number of halogens is 3. The van der Waals surface area contributed by atoms with Gasteiger partial charge in [0.25, 0.3) is 5.56 Å². The van der Waals surface area contributed by atoms with Crippen LogP contribution >= 0.6 is 0 Å². The summed E-state index contributed by atoms with van der Waals surface area (Å²) in [6.45, 7) is 2.38. The van der Waals surface area contributed by atoms with Crippen molar-refractivity contribution in [1.29, 1.82) is 0 Å². The molecule has 0 aromatic carbocycles. The summed E-state index contributed by atoms with van der Waals surface area (Å²) in [7, 11) is 0. The predicted octanol–water partition coefficient (Wildman–Crippen LogP) is 1.72. The molecule has 0 bridgehead atoms. The lowest BCUT2D eigenvalue weighted by atomic mass is 10.4. The van der Waals surface area contributed by atoms with Gasteiger partial charge in [0.2, 0.25) is 0 Å². The number of aromatic amines is 1. The number of anilines is 1. The quantitative estimate of drug-likeness (QED) is 0.883. The lowest BCUT2D eigenvalue weighted by Gasteiger charge is -2.23. The number of hydrogen-bond donors (Lipinski definition) is 1. The lowest BCUT2D eigenvalue weighted by Crippen LogP contribution is -2.35. The van der Waals surface area contributed by atoms with E-state index in [4.69, 9.17) is 0 Å². The molecule has 7 heteroatoms. The van der Waals surface area contributed by atoms with Gasteiger partial charge in [-0.05, 0) is 6.92 Å². The molecule has 1 aromatic heterocycles. The Balaban J connectivity index is 3.03. The molecule has 17 heavy (non-hydrogen) atoms. The Morgan fingerprint density at radius 1 is 1.41 bits per heavy atom. The summed E-state index contributed by atoms with van der Waals surface area (Å²) >= 11 is 0. The second kappa shape index (κ2) is 5.20. The highest BCUT2D eigenvalue weighted by Gasteiger charge is 2.30. The summed E-state index contributed by atoms with van der Waals surface area (Å²) in [6, 6.07) is 1.08. The molecule has 96 valence electrons. The van der Waals surface area contributed by atoms with Crippen LogP contribution in [0.2, 0.25) is 0 Å². The molecule has 0 atom stereocenters. The van der Waals surface area contributed by atoms with Gasteiger partial charge in [0.15, 0.2) is 0 Å². The minimum Gasteiger partial charge on any atom is -0.348 e. The van der Waals surface area contributed by atoms with E-state index in [1.54, 1.807) is 13.8 Å². The van der Waals surface area contributed by atoms with E-state index in [-0.39, 0.29) is 12.4 Å². The molecule has 0 saturated heterocycles. The smallest absolute Gasteiger partial charge is 0.348 e. The van der Waals surface area contributed by atoms with E-state index in [0.29, 0.717) is 12.2 Å². The minimum absolute atomic E-state index is 0.0606. The number of H-pyrrole nitrogens is 1. The van der Waals surface area contributed by atoms with E-state index < -0.39 is 18.3 Å². The van der Waals surface area contributed by atoms with Crippen molar-refractivity contribution in [3.05, 3.63) is 22.2 Å². The van der Waals surface area contributed by atoms with Crippen molar-refractivity contribution < 1.29 is 13.2 Å². The van der Waals surface area contributed by atoms with Crippen molar-refractivity contribution in [3.63, 3.8) is 0 Å². The number of rotatable bonds is 4. The number of hydrogen-bond acceptors (Lipinski definition) is 3. The van der Waals surface area contributed by atoms with Crippen molar-refractivity contribution in [1.82, 2.24) is 9.97 Å². The van der Waals surface area contributed by atoms with Crippen molar-refractivity contribution >= 4 is 5.82 Å². The standard InChI is InChI=1S/C10H14F3N3O/c1-3-7-14-8(5-9(17)15-7)16(4-2)6-10(11,12)13/h5H,3-4,6H2,1-2H3,(H,14,15,17). The molecule has 0 amide bonds. The van der Waals surface area contributed by atoms with E-state index >= 15 is 0 Å². The summed E-state index contributed by atoms with van der Waals surface area (Å²) < 4.78 is 36.9. The van der Waals surface area contributed by atoms with E-state index in [0.717, 1.165) is 11.0 Å². The van der Waals surface area contributed by atoms with E-state index in [9.17, 15) is 18.0 Å². The maximum atomic E-state index is 12.3. The Hall–Kier alpha value is -1.53. The van der Waals surface area contributed by atoms with Crippen LogP contribution in [-0.2, 0) is 6.42 Å². The molecule has 0 unspecified atom stereocenters. The first-order valence-electron chi connectivity index (χ1n) is 5.27. The fourth-order valence-electron chi connectivity index (χ4n) is 1.39. The van der Waals surface area contributed by atoms with Crippen LogP contribution in [0.1, 0.15) is 19.7 Å². The zero-order chi connectivity index (χ0) is 13.1. The molecule has 0 fully saturated rings. The summed E-state index contributed by atoms with van der Waals surface area (Å²) in [4.78, 5) is 18.7. The average molecular weight is 249 g/mol. The van der Waals surface area contributed by atoms with Crippen molar-refractivity contribution in [2.24, 2.45) is 0 Å². The zero-order valence-electron chi connectivity index (χ0n) is 9.64. The molecule has 0 aliphatic rings. The Kier molecular flexibility index (Phi) is 4.14. The van der Waals surface area contributed by atoms with E-state index in [2.05, 4.69) is 9.97 Å². The van der Waals surface area contributed by atoms with E-state index in [1.165, 1.54) is 0 Å². The normalized spacial score (nSPS) is 11.6. The van der Waals surface area contributed by atoms with Gasteiger partial charge in [0, 0.05) is 19.0 Å². The SMILES string of the molecule is CCc1nc(N(CC)CC(F)(F)F)cc(=O)[nH]1. The first-order valence-corrected chi connectivity index (χ1v) is 5.27. The Labute approximate surface area is 96.5 Å². The molecular weight excluding hydrogens is 235 g/mol. The maximum Gasteiger partial charge on any atom is 0.405 e. The van der Waals surface area contributed by atoms with Gasteiger partial charge in [-0.1, -0.05) is 6.92 Å². The van der Waals surface area contributed by atoms with Gasteiger partial charge in [-0.15, -0.1) is 0 Å². The molecule has 4 nitrogen and oxygen atoms in total. The molecule has 0 saturated carbocycles. The van der Waals surface area contributed by atoms with Gasteiger partial charge < -0.3 is 9.88 Å². The molecule has 1 rings (SSSR count). The third-order valence-electron chi connectivity index (χ3n) is 2.19. The van der Waals surface area contributed by atoms with Crippen molar-refractivity contribution in [2.45, 2.75) is 26.4 Å². The summed E-state index contributed by atoms with van der Waals surface area (Å²) in [5.74, 6) is 0.443. The van der Waals surface area contributed by atoms with Gasteiger partial charge in [-0.2, -0.15) is 13.2 Å². The molecule has 0 radical (unpaired) electrons.